The van der Waals surface area contributed by atoms with Crippen molar-refractivity contribution in [3.8, 4) is 0 Å². The Balaban J connectivity index is 1.85. The van der Waals surface area contributed by atoms with Crippen molar-refractivity contribution in [1.29, 1.82) is 0 Å². The Bertz CT molecular complexity index is 371. The zero-order valence-corrected chi connectivity index (χ0v) is 8.77. The first-order valence-electron chi connectivity index (χ1n) is 5.24. The van der Waals surface area contributed by atoms with Gasteiger partial charge in [-0.3, -0.25) is 9.59 Å². The van der Waals surface area contributed by atoms with Crippen molar-refractivity contribution < 1.29 is 18.7 Å². The van der Waals surface area contributed by atoms with Crippen LogP contribution in [0.25, 0.3) is 0 Å². The van der Waals surface area contributed by atoms with Gasteiger partial charge in [0.25, 0.3) is 0 Å². The van der Waals surface area contributed by atoms with Crippen molar-refractivity contribution in [2.24, 2.45) is 5.92 Å². The summed E-state index contributed by atoms with van der Waals surface area (Å²) in [4.78, 5) is 22.9. The zero-order chi connectivity index (χ0) is 11.4. The van der Waals surface area contributed by atoms with Gasteiger partial charge in [-0.05, 0) is 25.0 Å². The summed E-state index contributed by atoms with van der Waals surface area (Å²) in [7, 11) is 0. The molecular weight excluding hydrogens is 210 g/mol. The van der Waals surface area contributed by atoms with Crippen molar-refractivity contribution >= 4 is 11.9 Å². The molecule has 2 heterocycles. The van der Waals surface area contributed by atoms with Crippen LogP contribution < -0.4 is 5.32 Å². The number of esters is 1. The number of carbonyl (C=O) groups is 2. The second kappa shape index (κ2) is 4.83. The smallest absolute Gasteiger partial charge is 0.318 e. The monoisotopic (exact) mass is 223 g/mol. The molecule has 1 amide bonds. The average Bonchev–Trinajstić information content (AvgIpc) is 2.79. The minimum absolute atomic E-state index is 0.0790. The number of ether oxygens (including phenoxy) is 1. The van der Waals surface area contributed by atoms with Gasteiger partial charge in [-0.25, -0.2) is 0 Å². The minimum Gasteiger partial charge on any atom is -0.466 e. The molecule has 0 aliphatic carbocycles. The Morgan fingerprint density at radius 2 is 2.50 bits per heavy atom. The highest BCUT2D eigenvalue weighted by Gasteiger charge is 2.30. The van der Waals surface area contributed by atoms with Crippen LogP contribution >= 0.6 is 0 Å². The van der Waals surface area contributed by atoms with E-state index in [4.69, 9.17) is 9.15 Å². The fourth-order valence-electron chi connectivity index (χ4n) is 1.63. The van der Waals surface area contributed by atoms with Crippen LogP contribution in [0.4, 0.5) is 0 Å². The zero-order valence-electron chi connectivity index (χ0n) is 8.77. The molecule has 0 aromatic carbocycles. The Labute approximate surface area is 92.8 Å². The Morgan fingerprint density at radius 1 is 1.62 bits per heavy atom. The molecule has 1 unspecified atom stereocenters. The number of hydrogen-bond donors (Lipinski definition) is 1. The average molecular weight is 223 g/mol. The molecule has 0 spiro atoms. The summed E-state index contributed by atoms with van der Waals surface area (Å²) in [5.41, 5.74) is 0. The lowest BCUT2D eigenvalue weighted by Crippen LogP contribution is -2.41. The molecule has 0 saturated carbocycles. The van der Waals surface area contributed by atoms with Gasteiger partial charge in [0.15, 0.2) is 0 Å². The van der Waals surface area contributed by atoms with Gasteiger partial charge >= 0.3 is 5.97 Å². The van der Waals surface area contributed by atoms with Crippen LogP contribution in [0.15, 0.2) is 22.8 Å². The van der Waals surface area contributed by atoms with E-state index >= 15 is 0 Å². The first-order chi connectivity index (χ1) is 7.77. The summed E-state index contributed by atoms with van der Waals surface area (Å²) < 4.78 is 10.0. The third-order valence-electron chi connectivity index (χ3n) is 2.51. The van der Waals surface area contributed by atoms with Gasteiger partial charge in [-0.15, -0.1) is 0 Å². The second-order valence-electron chi connectivity index (χ2n) is 3.67. The molecule has 5 nitrogen and oxygen atoms in total. The van der Waals surface area contributed by atoms with Crippen LogP contribution in [0.1, 0.15) is 18.6 Å². The van der Waals surface area contributed by atoms with Gasteiger partial charge in [0.05, 0.1) is 6.26 Å². The molecule has 1 aromatic heterocycles. The molecule has 1 N–H and O–H groups in total. The number of amides is 1. The number of piperidine rings is 1. The molecule has 1 atom stereocenters. The van der Waals surface area contributed by atoms with E-state index in [2.05, 4.69) is 5.32 Å². The predicted octanol–water partition coefficient (Wildman–Crippen LogP) is 0.849. The van der Waals surface area contributed by atoms with E-state index in [9.17, 15) is 9.59 Å². The Hall–Kier alpha value is -1.78. The third kappa shape index (κ3) is 2.42. The van der Waals surface area contributed by atoms with E-state index in [1.54, 1.807) is 12.1 Å². The molecule has 1 aromatic rings. The quantitative estimate of drug-likeness (QED) is 0.609. The fraction of sp³-hybridized carbons (Fsp3) is 0.455. The van der Waals surface area contributed by atoms with Crippen LogP contribution in [0, 0.1) is 5.92 Å². The van der Waals surface area contributed by atoms with Gasteiger partial charge in [0, 0.05) is 6.54 Å². The Morgan fingerprint density at radius 3 is 3.19 bits per heavy atom. The fourth-order valence-corrected chi connectivity index (χ4v) is 1.63. The normalized spacial score (nSPS) is 20.2. The van der Waals surface area contributed by atoms with Crippen LogP contribution in [-0.4, -0.2) is 18.4 Å². The molecule has 1 fully saturated rings. The summed E-state index contributed by atoms with van der Waals surface area (Å²) in [6.45, 7) is 0.719. The lowest BCUT2D eigenvalue weighted by Gasteiger charge is -2.19. The van der Waals surface area contributed by atoms with Crippen LogP contribution in [0.2, 0.25) is 0 Å². The van der Waals surface area contributed by atoms with Gasteiger partial charge in [0.1, 0.15) is 18.3 Å². The summed E-state index contributed by atoms with van der Waals surface area (Å²) in [6, 6.07) is 3.44. The Kier molecular flexibility index (Phi) is 3.24. The van der Waals surface area contributed by atoms with Crippen molar-refractivity contribution in [2.75, 3.05) is 6.54 Å². The van der Waals surface area contributed by atoms with Crippen LogP contribution in [-0.2, 0) is 20.9 Å². The van der Waals surface area contributed by atoms with Crippen molar-refractivity contribution in [3.05, 3.63) is 24.2 Å². The lowest BCUT2D eigenvalue weighted by atomic mass is 9.99. The highest BCUT2D eigenvalue weighted by molar-refractivity contribution is 5.98. The second-order valence-corrected chi connectivity index (χ2v) is 3.67. The first-order valence-corrected chi connectivity index (χ1v) is 5.24. The molecule has 5 heteroatoms. The molecule has 0 bridgehead atoms. The maximum Gasteiger partial charge on any atom is 0.318 e. The van der Waals surface area contributed by atoms with E-state index in [1.165, 1.54) is 6.26 Å². The standard InChI is InChI=1S/C11H13NO4/c13-10-9(4-1-5-12-10)11(14)16-7-8-3-2-6-15-8/h2-3,6,9H,1,4-5,7H2,(H,12,13). The highest BCUT2D eigenvalue weighted by Crippen LogP contribution is 2.14. The molecule has 0 radical (unpaired) electrons. The van der Waals surface area contributed by atoms with Gasteiger partial charge in [-0.1, -0.05) is 0 Å². The van der Waals surface area contributed by atoms with Gasteiger partial charge in [-0.2, -0.15) is 0 Å². The topological polar surface area (TPSA) is 68.5 Å². The number of carbonyl (C=O) groups excluding carboxylic acids is 2. The minimum atomic E-state index is -0.663. The van der Waals surface area contributed by atoms with Gasteiger partial charge in [0.2, 0.25) is 5.91 Å². The summed E-state index contributed by atoms with van der Waals surface area (Å²) in [6.07, 6.45) is 2.88. The third-order valence-corrected chi connectivity index (χ3v) is 2.51. The van der Waals surface area contributed by atoms with E-state index in [1.807, 2.05) is 0 Å². The lowest BCUT2D eigenvalue weighted by molar-refractivity contribution is -0.155. The van der Waals surface area contributed by atoms with Crippen LogP contribution in [0.3, 0.4) is 0 Å². The summed E-state index contributed by atoms with van der Waals surface area (Å²) in [5, 5.41) is 2.64. The van der Waals surface area contributed by atoms with E-state index in [0.29, 0.717) is 18.7 Å². The molecule has 1 saturated heterocycles. The largest absolute Gasteiger partial charge is 0.466 e. The SMILES string of the molecule is O=C1NCCCC1C(=O)OCc1ccco1. The molecule has 86 valence electrons. The highest BCUT2D eigenvalue weighted by atomic mass is 16.5. The maximum atomic E-state index is 11.6. The number of furan rings is 1. The van der Waals surface area contributed by atoms with E-state index in [0.717, 1.165) is 6.42 Å². The summed E-state index contributed by atoms with van der Waals surface area (Å²) in [5.74, 6) is -0.808. The molecular formula is C11H13NO4. The molecule has 16 heavy (non-hydrogen) atoms. The van der Waals surface area contributed by atoms with Gasteiger partial charge < -0.3 is 14.5 Å². The number of rotatable bonds is 3. The van der Waals surface area contributed by atoms with Crippen molar-refractivity contribution in [1.82, 2.24) is 5.32 Å². The van der Waals surface area contributed by atoms with Crippen molar-refractivity contribution in [3.63, 3.8) is 0 Å². The molecule has 1 aliphatic heterocycles. The van der Waals surface area contributed by atoms with Crippen molar-refractivity contribution in [2.45, 2.75) is 19.4 Å². The van der Waals surface area contributed by atoms with E-state index < -0.39 is 11.9 Å². The summed E-state index contributed by atoms with van der Waals surface area (Å²) >= 11 is 0. The molecule has 2 rings (SSSR count). The number of nitrogens with one attached hydrogen (secondary N) is 1. The molecule has 1 aliphatic rings. The maximum absolute atomic E-state index is 11.6. The predicted molar refractivity (Wildman–Crippen MR) is 54.2 cm³/mol. The number of hydrogen-bond acceptors (Lipinski definition) is 4. The van der Waals surface area contributed by atoms with Crippen LogP contribution in [0.5, 0.6) is 0 Å². The van der Waals surface area contributed by atoms with E-state index in [-0.39, 0.29) is 12.5 Å². The first kappa shape index (κ1) is 10.7.